The normalized spacial score (nSPS) is 12.2. The Balaban J connectivity index is 1.83. The highest BCUT2D eigenvalue weighted by molar-refractivity contribution is 5.58. The predicted octanol–water partition coefficient (Wildman–Crippen LogP) is 6.43. The lowest BCUT2D eigenvalue weighted by molar-refractivity contribution is 0.354. The number of rotatable bonds is 8. The van der Waals surface area contributed by atoms with Gasteiger partial charge in [-0.15, -0.1) is 0 Å². The molecule has 1 aliphatic rings. The van der Waals surface area contributed by atoms with Crippen LogP contribution in [-0.2, 0) is 25.7 Å². The van der Waals surface area contributed by atoms with E-state index in [1.54, 1.807) is 56.9 Å². The smallest absolute Gasteiger partial charge is 0.161 e. The lowest BCUT2D eigenvalue weighted by atomic mass is 9.91. The van der Waals surface area contributed by atoms with E-state index in [1.807, 2.05) is 30.3 Å². The Morgan fingerprint density at radius 2 is 0.455 bits per heavy atom. The standard InChI is InChI=1S/C36H40O8/c1-37-29-18-31(39-3)25-11-23(29)9-21-16-35(43-7)36(44-8)17-22(21)10-24-12-26(32(40-4)19-30(24)38-2)14-28-15-27(13-25)33(41-5)20-34(28)42-6/h11-12,15-20H,9-10,13-14H2,1-8H3. The Kier molecular flexibility index (Phi) is 9.28. The van der Waals surface area contributed by atoms with Gasteiger partial charge >= 0.3 is 0 Å². The van der Waals surface area contributed by atoms with Gasteiger partial charge in [-0.05, 0) is 74.8 Å². The van der Waals surface area contributed by atoms with Crippen LogP contribution in [0.15, 0.2) is 48.5 Å². The van der Waals surface area contributed by atoms with Gasteiger partial charge < -0.3 is 37.9 Å². The molecule has 0 N–H and O–H groups in total. The molecular weight excluding hydrogens is 560 g/mol. The summed E-state index contributed by atoms with van der Waals surface area (Å²) < 4.78 is 46.6. The first kappa shape index (κ1) is 30.7. The van der Waals surface area contributed by atoms with Crippen LogP contribution in [0, 0.1) is 0 Å². The van der Waals surface area contributed by atoms with Crippen LogP contribution < -0.4 is 37.9 Å². The monoisotopic (exact) mass is 600 g/mol. The molecule has 0 fully saturated rings. The van der Waals surface area contributed by atoms with Gasteiger partial charge in [0.05, 0.1) is 56.9 Å². The SMILES string of the molecule is COc1cc(OC)c2cc1Cc1cc(OC)c(OC)cc1Cc1cc(c(OC)cc1OC)Cc1cc(c(OC)cc1OC)C2. The molecule has 0 aliphatic heterocycles. The first-order valence-electron chi connectivity index (χ1n) is 14.3. The number of hydrogen-bond acceptors (Lipinski definition) is 8. The van der Waals surface area contributed by atoms with Crippen LogP contribution in [0.2, 0.25) is 0 Å². The summed E-state index contributed by atoms with van der Waals surface area (Å²) in [5, 5.41) is 0. The third kappa shape index (κ3) is 5.89. The average molecular weight is 601 g/mol. The van der Waals surface area contributed by atoms with Crippen molar-refractivity contribution in [3.05, 3.63) is 93.0 Å². The van der Waals surface area contributed by atoms with Gasteiger partial charge in [0.1, 0.15) is 34.5 Å². The summed E-state index contributed by atoms with van der Waals surface area (Å²) in [5.74, 6) is 5.74. The van der Waals surface area contributed by atoms with Crippen molar-refractivity contribution >= 4 is 0 Å². The molecule has 0 saturated heterocycles. The molecule has 1 aliphatic carbocycles. The zero-order valence-electron chi connectivity index (χ0n) is 26.7. The minimum atomic E-state index is 0.574. The molecule has 6 bridgehead atoms. The van der Waals surface area contributed by atoms with Gasteiger partial charge in [0.25, 0.3) is 0 Å². The number of methoxy groups -OCH3 is 8. The molecule has 8 heteroatoms. The number of hydrogen-bond donors (Lipinski definition) is 0. The highest BCUT2D eigenvalue weighted by Crippen LogP contribution is 2.41. The van der Waals surface area contributed by atoms with Gasteiger partial charge in [-0.2, -0.15) is 0 Å². The van der Waals surface area contributed by atoms with Gasteiger partial charge in [-0.3, -0.25) is 0 Å². The fourth-order valence-electron chi connectivity index (χ4n) is 6.05. The van der Waals surface area contributed by atoms with Crippen LogP contribution >= 0.6 is 0 Å². The molecular formula is C36H40O8. The van der Waals surface area contributed by atoms with E-state index in [9.17, 15) is 0 Å². The molecule has 44 heavy (non-hydrogen) atoms. The van der Waals surface area contributed by atoms with Gasteiger partial charge in [0, 0.05) is 43.9 Å². The summed E-state index contributed by atoms with van der Waals surface area (Å²) in [4.78, 5) is 0. The van der Waals surface area contributed by atoms with E-state index < -0.39 is 0 Å². The molecule has 5 rings (SSSR count). The van der Waals surface area contributed by atoms with Crippen LogP contribution in [0.4, 0.5) is 0 Å². The summed E-state index contributed by atoms with van der Waals surface area (Å²) in [5.41, 5.74) is 8.21. The summed E-state index contributed by atoms with van der Waals surface area (Å²) in [6.07, 6.45) is 2.33. The second-order valence-electron chi connectivity index (χ2n) is 10.6. The van der Waals surface area contributed by atoms with E-state index in [1.165, 1.54) is 0 Å². The third-order valence-electron chi connectivity index (χ3n) is 8.28. The van der Waals surface area contributed by atoms with Crippen molar-refractivity contribution in [1.29, 1.82) is 0 Å². The summed E-state index contributed by atoms with van der Waals surface area (Å²) in [7, 11) is 13.4. The molecule has 232 valence electrons. The summed E-state index contributed by atoms with van der Waals surface area (Å²) in [6, 6.07) is 16.4. The molecule has 8 nitrogen and oxygen atoms in total. The van der Waals surface area contributed by atoms with Crippen molar-refractivity contribution in [3.63, 3.8) is 0 Å². The van der Waals surface area contributed by atoms with Crippen LogP contribution in [0.5, 0.6) is 46.0 Å². The van der Waals surface area contributed by atoms with Crippen LogP contribution in [0.25, 0.3) is 0 Å². The zero-order valence-corrected chi connectivity index (χ0v) is 26.7. The second-order valence-corrected chi connectivity index (χ2v) is 10.6. The highest BCUT2D eigenvalue weighted by atomic mass is 16.5. The average Bonchev–Trinajstić information content (AvgIpc) is 3.05. The molecule has 0 atom stereocenters. The molecule has 0 aromatic heterocycles. The van der Waals surface area contributed by atoms with Crippen molar-refractivity contribution in [1.82, 2.24) is 0 Å². The Morgan fingerprint density at radius 3 is 0.659 bits per heavy atom. The fourth-order valence-corrected chi connectivity index (χ4v) is 6.05. The molecule has 4 aromatic carbocycles. The minimum Gasteiger partial charge on any atom is -0.496 e. The van der Waals surface area contributed by atoms with Gasteiger partial charge in [-0.25, -0.2) is 0 Å². The maximum atomic E-state index is 5.88. The Bertz CT molecular complexity index is 1540. The van der Waals surface area contributed by atoms with Crippen LogP contribution in [0.3, 0.4) is 0 Å². The van der Waals surface area contributed by atoms with Crippen molar-refractivity contribution in [2.24, 2.45) is 0 Å². The van der Waals surface area contributed by atoms with Crippen molar-refractivity contribution in [3.8, 4) is 46.0 Å². The Morgan fingerprint density at radius 1 is 0.250 bits per heavy atom. The van der Waals surface area contributed by atoms with Crippen molar-refractivity contribution in [2.45, 2.75) is 25.7 Å². The lowest BCUT2D eigenvalue weighted by Gasteiger charge is -2.19. The molecule has 0 saturated carbocycles. The Hall–Kier alpha value is -4.72. The predicted molar refractivity (Wildman–Crippen MR) is 169 cm³/mol. The van der Waals surface area contributed by atoms with Crippen LogP contribution in [-0.4, -0.2) is 56.9 Å². The second kappa shape index (κ2) is 13.3. The third-order valence-corrected chi connectivity index (χ3v) is 8.28. The first-order chi connectivity index (χ1) is 21.4. The zero-order chi connectivity index (χ0) is 31.4. The maximum Gasteiger partial charge on any atom is 0.161 e. The minimum absolute atomic E-state index is 0.574. The van der Waals surface area contributed by atoms with Gasteiger partial charge in [0.15, 0.2) is 11.5 Å². The summed E-state index contributed by atoms with van der Waals surface area (Å²) >= 11 is 0. The molecule has 0 heterocycles. The molecule has 0 radical (unpaired) electrons. The topological polar surface area (TPSA) is 73.8 Å². The van der Waals surface area contributed by atoms with E-state index >= 15 is 0 Å². The number of benzene rings is 4. The largest absolute Gasteiger partial charge is 0.496 e. The molecule has 0 amide bonds. The molecule has 0 unspecified atom stereocenters. The highest BCUT2D eigenvalue weighted by Gasteiger charge is 2.22. The molecule has 0 spiro atoms. The van der Waals surface area contributed by atoms with Gasteiger partial charge in [0.2, 0.25) is 0 Å². The van der Waals surface area contributed by atoms with E-state index in [2.05, 4.69) is 18.2 Å². The molecule has 4 aromatic rings. The van der Waals surface area contributed by atoms with Gasteiger partial charge in [-0.1, -0.05) is 0 Å². The van der Waals surface area contributed by atoms with E-state index in [4.69, 9.17) is 37.9 Å². The maximum absolute atomic E-state index is 5.88. The van der Waals surface area contributed by atoms with E-state index in [-0.39, 0.29) is 0 Å². The number of fused-ring (bicyclic) bond motifs is 7. The first-order valence-corrected chi connectivity index (χ1v) is 14.3. The van der Waals surface area contributed by atoms with E-state index in [0.29, 0.717) is 37.2 Å². The number of ether oxygens (including phenoxy) is 8. The van der Waals surface area contributed by atoms with Crippen molar-refractivity contribution in [2.75, 3.05) is 56.9 Å². The quantitative estimate of drug-likeness (QED) is 0.202. The Labute approximate surface area is 259 Å². The fraction of sp³-hybridized carbons (Fsp3) is 0.333. The lowest BCUT2D eigenvalue weighted by Crippen LogP contribution is -2.05. The summed E-state index contributed by atoms with van der Waals surface area (Å²) in [6.45, 7) is 0. The van der Waals surface area contributed by atoms with Crippen LogP contribution in [0.1, 0.15) is 44.5 Å². The van der Waals surface area contributed by atoms with E-state index in [0.717, 1.165) is 79.0 Å². The van der Waals surface area contributed by atoms with Crippen molar-refractivity contribution < 1.29 is 37.9 Å².